The number of nitro benzene ring substituents is 1. The summed E-state index contributed by atoms with van der Waals surface area (Å²) in [5, 5.41) is 21.7. The lowest BCUT2D eigenvalue weighted by Gasteiger charge is -2.06. The average Bonchev–Trinajstić information content (AvgIpc) is 3.12. The van der Waals surface area contributed by atoms with Crippen molar-refractivity contribution in [2.75, 3.05) is 11.1 Å². The molecule has 0 spiro atoms. The van der Waals surface area contributed by atoms with Crippen molar-refractivity contribution in [3.63, 3.8) is 0 Å². The second kappa shape index (κ2) is 8.31. The number of carbonyl (C=O) groups is 1. The summed E-state index contributed by atoms with van der Waals surface area (Å²) in [5.41, 5.74) is 1.80. The van der Waals surface area contributed by atoms with Crippen molar-refractivity contribution in [1.29, 1.82) is 0 Å². The summed E-state index contributed by atoms with van der Waals surface area (Å²) in [7, 11) is 0. The van der Waals surface area contributed by atoms with Crippen LogP contribution in [-0.4, -0.2) is 26.8 Å². The number of nitrogens with one attached hydrogen (secondary N) is 1. The molecule has 1 N–H and O–H groups in total. The zero-order chi connectivity index (χ0) is 19.4. The molecule has 138 valence electrons. The van der Waals surface area contributed by atoms with Crippen LogP contribution in [0.2, 0.25) is 0 Å². The second-order valence-electron chi connectivity index (χ2n) is 5.45. The summed E-state index contributed by atoms with van der Waals surface area (Å²) in [6.45, 7) is 1.93. The highest BCUT2D eigenvalue weighted by Crippen LogP contribution is 2.30. The third-order valence-electron chi connectivity index (χ3n) is 3.51. The normalized spacial score (nSPS) is 10.6. The van der Waals surface area contributed by atoms with Crippen LogP contribution in [-0.2, 0) is 4.79 Å². The molecule has 0 aliphatic rings. The molecular formula is C17H13BrN4O4S. The molecule has 27 heavy (non-hydrogen) atoms. The third-order valence-corrected chi connectivity index (χ3v) is 5.21. The second-order valence-corrected chi connectivity index (χ2v) is 7.23. The largest absolute Gasteiger partial charge is 0.411 e. The zero-order valence-corrected chi connectivity index (χ0v) is 16.4. The number of halogens is 1. The van der Waals surface area contributed by atoms with Crippen LogP contribution in [0, 0.1) is 17.0 Å². The Morgan fingerprint density at radius 2 is 2.07 bits per heavy atom. The number of amides is 1. The fourth-order valence-electron chi connectivity index (χ4n) is 2.24. The van der Waals surface area contributed by atoms with Gasteiger partial charge in [-0.15, -0.1) is 10.2 Å². The quantitative estimate of drug-likeness (QED) is 0.336. The van der Waals surface area contributed by atoms with Gasteiger partial charge >= 0.3 is 0 Å². The Bertz CT molecular complexity index is 1010. The maximum Gasteiger partial charge on any atom is 0.282 e. The van der Waals surface area contributed by atoms with Gasteiger partial charge in [-0.3, -0.25) is 14.9 Å². The van der Waals surface area contributed by atoms with Crippen molar-refractivity contribution in [1.82, 2.24) is 10.2 Å². The fraction of sp³-hybridized carbons (Fsp3) is 0.118. The van der Waals surface area contributed by atoms with Crippen LogP contribution in [0.15, 0.2) is 56.6 Å². The SMILES string of the molecule is Cc1cc(NC(=O)CSc2nnc(-c3ccccc3[N+](=O)[O-])o2)ccc1Br. The van der Waals surface area contributed by atoms with E-state index in [0.29, 0.717) is 5.69 Å². The average molecular weight is 449 g/mol. The topological polar surface area (TPSA) is 111 Å². The van der Waals surface area contributed by atoms with E-state index in [1.165, 1.54) is 12.1 Å². The zero-order valence-electron chi connectivity index (χ0n) is 14.0. The summed E-state index contributed by atoms with van der Waals surface area (Å²) in [5.74, 6) is -0.130. The minimum atomic E-state index is -0.514. The predicted octanol–water partition coefficient (Wildman–Crippen LogP) is 4.45. The van der Waals surface area contributed by atoms with Crippen LogP contribution in [0.3, 0.4) is 0 Å². The van der Waals surface area contributed by atoms with Gasteiger partial charge in [0.2, 0.25) is 5.91 Å². The van der Waals surface area contributed by atoms with E-state index in [1.54, 1.807) is 18.2 Å². The van der Waals surface area contributed by atoms with E-state index >= 15 is 0 Å². The highest BCUT2D eigenvalue weighted by Gasteiger charge is 2.20. The standard InChI is InChI=1S/C17H13BrN4O4S/c1-10-8-11(6-7-13(10)18)19-15(23)9-27-17-21-20-16(26-17)12-4-2-3-5-14(12)22(24)25/h2-8H,9H2,1H3,(H,19,23). The smallest absolute Gasteiger partial charge is 0.282 e. The first-order valence-electron chi connectivity index (χ1n) is 7.70. The lowest BCUT2D eigenvalue weighted by atomic mass is 10.2. The molecule has 1 heterocycles. The molecule has 0 aliphatic carbocycles. The van der Waals surface area contributed by atoms with Gasteiger partial charge in [0.15, 0.2) is 0 Å². The molecule has 0 unspecified atom stereocenters. The molecule has 10 heteroatoms. The first-order chi connectivity index (χ1) is 12.9. The Kier molecular flexibility index (Phi) is 5.87. The molecule has 2 aromatic carbocycles. The number of rotatable bonds is 6. The lowest BCUT2D eigenvalue weighted by molar-refractivity contribution is -0.384. The Hall–Kier alpha value is -2.72. The highest BCUT2D eigenvalue weighted by atomic mass is 79.9. The summed E-state index contributed by atoms with van der Waals surface area (Å²) < 4.78 is 6.41. The molecule has 0 atom stereocenters. The third kappa shape index (κ3) is 4.72. The number of aryl methyl sites for hydroxylation is 1. The number of para-hydroxylation sites is 1. The van der Waals surface area contributed by atoms with E-state index in [2.05, 4.69) is 31.4 Å². The minimum Gasteiger partial charge on any atom is -0.411 e. The Labute approximate surface area is 166 Å². The first kappa shape index (κ1) is 19.1. The number of aromatic nitrogens is 2. The summed E-state index contributed by atoms with van der Waals surface area (Å²) >= 11 is 4.46. The van der Waals surface area contributed by atoms with E-state index in [1.807, 2.05) is 19.1 Å². The molecular weight excluding hydrogens is 436 g/mol. The molecule has 1 aromatic heterocycles. The van der Waals surface area contributed by atoms with Crippen molar-refractivity contribution >= 4 is 45.0 Å². The van der Waals surface area contributed by atoms with Gasteiger partial charge in [0.1, 0.15) is 5.56 Å². The van der Waals surface area contributed by atoms with Crippen molar-refractivity contribution in [3.05, 3.63) is 62.6 Å². The van der Waals surface area contributed by atoms with Gasteiger partial charge in [0, 0.05) is 16.2 Å². The van der Waals surface area contributed by atoms with E-state index in [-0.39, 0.29) is 34.0 Å². The summed E-state index contributed by atoms with van der Waals surface area (Å²) in [6, 6.07) is 11.6. The van der Waals surface area contributed by atoms with E-state index in [4.69, 9.17) is 4.42 Å². The van der Waals surface area contributed by atoms with Gasteiger partial charge in [0.25, 0.3) is 16.8 Å². The monoisotopic (exact) mass is 448 g/mol. The Morgan fingerprint density at radius 1 is 1.30 bits per heavy atom. The van der Waals surface area contributed by atoms with Gasteiger partial charge in [0.05, 0.1) is 10.7 Å². The first-order valence-corrected chi connectivity index (χ1v) is 9.48. The van der Waals surface area contributed by atoms with Gasteiger partial charge in [-0.05, 0) is 36.8 Å². The van der Waals surface area contributed by atoms with E-state index < -0.39 is 4.92 Å². The lowest BCUT2D eigenvalue weighted by Crippen LogP contribution is -2.14. The molecule has 3 rings (SSSR count). The number of thioether (sulfide) groups is 1. The Balaban J connectivity index is 1.64. The van der Waals surface area contributed by atoms with Crippen LogP contribution in [0.25, 0.3) is 11.5 Å². The maximum absolute atomic E-state index is 12.1. The van der Waals surface area contributed by atoms with Gasteiger partial charge in [-0.1, -0.05) is 39.8 Å². The van der Waals surface area contributed by atoms with Crippen molar-refractivity contribution < 1.29 is 14.1 Å². The molecule has 0 fully saturated rings. The minimum absolute atomic E-state index is 0.0359. The molecule has 0 radical (unpaired) electrons. The van der Waals surface area contributed by atoms with E-state index in [9.17, 15) is 14.9 Å². The van der Waals surface area contributed by atoms with Crippen molar-refractivity contribution in [3.8, 4) is 11.5 Å². The number of hydrogen-bond acceptors (Lipinski definition) is 7. The number of nitrogens with zero attached hydrogens (tertiary/aromatic N) is 3. The predicted molar refractivity (Wildman–Crippen MR) is 105 cm³/mol. The molecule has 0 saturated heterocycles. The van der Waals surface area contributed by atoms with Gasteiger partial charge in [-0.25, -0.2) is 0 Å². The number of carbonyl (C=O) groups excluding carboxylic acids is 1. The number of hydrogen-bond donors (Lipinski definition) is 1. The van der Waals surface area contributed by atoms with Crippen LogP contribution < -0.4 is 5.32 Å². The summed E-state index contributed by atoms with van der Waals surface area (Å²) in [4.78, 5) is 22.7. The Morgan fingerprint density at radius 3 is 2.81 bits per heavy atom. The van der Waals surface area contributed by atoms with Crippen LogP contribution >= 0.6 is 27.7 Å². The fourth-order valence-corrected chi connectivity index (χ4v) is 3.05. The van der Waals surface area contributed by atoms with Crippen molar-refractivity contribution in [2.24, 2.45) is 0 Å². The van der Waals surface area contributed by atoms with Crippen LogP contribution in [0.1, 0.15) is 5.56 Å². The molecule has 0 saturated carbocycles. The van der Waals surface area contributed by atoms with Crippen molar-refractivity contribution in [2.45, 2.75) is 12.1 Å². The molecule has 0 aliphatic heterocycles. The number of benzene rings is 2. The van der Waals surface area contributed by atoms with Gasteiger partial charge < -0.3 is 9.73 Å². The maximum atomic E-state index is 12.1. The summed E-state index contributed by atoms with van der Waals surface area (Å²) in [6.07, 6.45) is 0. The van der Waals surface area contributed by atoms with Crippen LogP contribution in [0.4, 0.5) is 11.4 Å². The molecule has 0 bridgehead atoms. The number of anilines is 1. The van der Waals surface area contributed by atoms with Crippen LogP contribution in [0.5, 0.6) is 0 Å². The molecule has 8 nitrogen and oxygen atoms in total. The number of nitro groups is 1. The molecule has 1 amide bonds. The van der Waals surface area contributed by atoms with Gasteiger partial charge in [-0.2, -0.15) is 0 Å². The molecule has 3 aromatic rings. The highest BCUT2D eigenvalue weighted by molar-refractivity contribution is 9.10. The van der Waals surface area contributed by atoms with E-state index in [0.717, 1.165) is 21.8 Å².